The highest BCUT2D eigenvalue weighted by molar-refractivity contribution is 8.23. The summed E-state index contributed by atoms with van der Waals surface area (Å²) in [6, 6.07) is 0. The van der Waals surface area contributed by atoms with E-state index < -0.39 is 12.2 Å². The van der Waals surface area contributed by atoms with Gasteiger partial charge < -0.3 is 40.1 Å². The summed E-state index contributed by atoms with van der Waals surface area (Å²) in [5.74, 6) is 2.57. The minimum absolute atomic E-state index is 0.0393. The highest BCUT2D eigenvalue weighted by Gasteiger charge is 2.02. The quantitative estimate of drug-likeness (QED) is 0.0165. The number of nitrogens with zero attached hydrogens (tertiary/aromatic N) is 2. The van der Waals surface area contributed by atoms with E-state index in [-0.39, 0.29) is 19.2 Å². The monoisotopic (exact) mass is 810 g/mol. The molecule has 14 nitrogen and oxygen atoms in total. The van der Waals surface area contributed by atoms with Crippen molar-refractivity contribution < 1.29 is 48.8 Å². The van der Waals surface area contributed by atoms with Gasteiger partial charge in [-0.15, -0.1) is 106 Å². The number of nitrogens with one attached hydrogen (secondary N) is 2. The van der Waals surface area contributed by atoms with Crippen LogP contribution in [0.1, 0.15) is 12.8 Å². The second-order valence-electron chi connectivity index (χ2n) is 7.13. The zero-order chi connectivity index (χ0) is 32.7. The van der Waals surface area contributed by atoms with Gasteiger partial charge in [-0.05, 0) is 12.8 Å². The smallest absolute Gasteiger partial charge is 0.408 e. The van der Waals surface area contributed by atoms with Gasteiger partial charge in [0.25, 0.3) is 0 Å². The summed E-state index contributed by atoms with van der Waals surface area (Å²) in [7, 11) is 0. The lowest BCUT2D eigenvalue weighted by molar-refractivity contribution is -0.217. The lowest BCUT2D eigenvalue weighted by atomic mass is 10.5. The number of thioether (sulfide) groups is 9. The molecule has 0 aromatic rings. The maximum absolute atomic E-state index is 11.7. The van der Waals surface area contributed by atoms with Crippen molar-refractivity contribution in [1.82, 2.24) is 10.6 Å². The van der Waals surface area contributed by atoms with Crippen molar-refractivity contribution in [2.45, 2.75) is 12.8 Å². The molecule has 0 aliphatic carbocycles. The Labute approximate surface area is 303 Å². The number of carbonyl (C=O) groups is 2. The maximum Gasteiger partial charge on any atom is 0.408 e. The Morgan fingerprint density at radius 3 is 1.71 bits per heavy atom. The molecule has 0 atom stereocenters. The van der Waals surface area contributed by atoms with E-state index in [2.05, 4.69) is 20.6 Å². The molecule has 0 aromatic carbocycles. The molecule has 264 valence electrons. The summed E-state index contributed by atoms with van der Waals surface area (Å²) in [4.78, 5) is 50.5. The second-order valence-corrected chi connectivity index (χ2v) is 18.0. The topological polar surface area (TPSA) is 179 Å². The summed E-state index contributed by atoms with van der Waals surface area (Å²) < 4.78 is 10.1. The Kier molecular flexibility index (Phi) is 41.1. The number of hydrogen-bond donors (Lipinski definition) is 4. The van der Waals surface area contributed by atoms with Gasteiger partial charge in [0.15, 0.2) is 0 Å². The van der Waals surface area contributed by atoms with Crippen LogP contribution in [0.5, 0.6) is 0 Å². The molecule has 23 heteroatoms. The molecule has 0 spiro atoms. The van der Waals surface area contributed by atoms with E-state index in [0.717, 1.165) is 30.5 Å². The SMILES string of the molecule is O=C(NCCCO)OCSCSCSCN=COOCSCSCSCOC(=O)NCSCSCSCN=COOCCCO. The molecular weight excluding hydrogens is 769 g/mol. The minimum Gasteiger partial charge on any atom is -0.438 e. The van der Waals surface area contributed by atoms with Crippen molar-refractivity contribution in [3.8, 4) is 0 Å². The number of aliphatic hydroxyl groups excluding tert-OH is 2. The van der Waals surface area contributed by atoms with Crippen molar-refractivity contribution in [1.29, 1.82) is 0 Å². The van der Waals surface area contributed by atoms with E-state index in [9.17, 15) is 9.59 Å². The predicted molar refractivity (Wildman–Crippen MR) is 200 cm³/mol. The highest BCUT2D eigenvalue weighted by atomic mass is 32.2. The van der Waals surface area contributed by atoms with E-state index in [1.807, 2.05) is 0 Å². The van der Waals surface area contributed by atoms with Gasteiger partial charge in [-0.3, -0.25) is 0 Å². The molecule has 0 rings (SSSR count). The molecule has 0 heterocycles. The van der Waals surface area contributed by atoms with Crippen LogP contribution >= 0.6 is 106 Å². The van der Waals surface area contributed by atoms with Crippen LogP contribution in [0.25, 0.3) is 0 Å². The fourth-order valence-corrected chi connectivity index (χ4v) is 10.2. The third-order valence-electron chi connectivity index (χ3n) is 3.69. The average molecular weight is 811 g/mol. The van der Waals surface area contributed by atoms with Crippen molar-refractivity contribution >= 4 is 131 Å². The predicted octanol–water partition coefficient (Wildman–Crippen LogP) is 5.25. The molecule has 0 radical (unpaired) electrons. The third kappa shape index (κ3) is 40.6. The number of ether oxygens (including phenoxy) is 2. The number of alkyl carbamates (subject to hydrolysis) is 2. The van der Waals surface area contributed by atoms with Crippen LogP contribution in [0.2, 0.25) is 0 Å². The summed E-state index contributed by atoms with van der Waals surface area (Å²) >= 11 is 14.6. The van der Waals surface area contributed by atoms with Gasteiger partial charge in [0.2, 0.25) is 12.8 Å². The fraction of sp³-hybridized carbons (Fsp3) is 0.818. The molecular formula is C22H42N4O10S9. The standard InChI is InChI=1S/C22H42N4O10S9/c27-4-1-3-25-21(29)31-12-40-18-44-16-38-10-24-8-35-36-14-42-20-45-19-41-13-32-22(30)26-11-39-17-43-15-37-9-23-7-34-33-6-2-5-28/h7-8,27-28H,1-6,9-20H2,(H,25,29)(H,26,30). The molecule has 0 aromatic heterocycles. The summed E-state index contributed by atoms with van der Waals surface area (Å²) in [6.45, 7) is 0.837. The zero-order valence-electron chi connectivity index (χ0n) is 24.6. The Morgan fingerprint density at radius 1 is 0.600 bits per heavy atom. The Morgan fingerprint density at radius 2 is 1.11 bits per heavy atom. The lowest BCUT2D eigenvalue weighted by Crippen LogP contribution is -2.25. The fourth-order valence-electron chi connectivity index (χ4n) is 1.87. The van der Waals surface area contributed by atoms with E-state index in [1.54, 1.807) is 82.3 Å². The van der Waals surface area contributed by atoms with E-state index in [0.29, 0.717) is 55.5 Å². The van der Waals surface area contributed by atoms with Crippen LogP contribution in [-0.4, -0.2) is 128 Å². The van der Waals surface area contributed by atoms with Crippen molar-refractivity contribution in [3.05, 3.63) is 0 Å². The van der Waals surface area contributed by atoms with Crippen molar-refractivity contribution in [2.75, 3.05) is 92.3 Å². The summed E-state index contributed by atoms with van der Waals surface area (Å²) in [6.07, 6.45) is 2.68. The first-order valence-corrected chi connectivity index (χ1v) is 23.4. The maximum atomic E-state index is 11.7. The molecule has 0 aliphatic rings. The first-order valence-electron chi connectivity index (χ1n) is 13.0. The zero-order valence-corrected chi connectivity index (χ0v) is 32.0. The number of hydrogen-bond acceptors (Lipinski definition) is 21. The molecule has 4 N–H and O–H groups in total. The van der Waals surface area contributed by atoms with Crippen LogP contribution in [0.15, 0.2) is 9.98 Å². The molecule has 0 saturated heterocycles. The van der Waals surface area contributed by atoms with Crippen LogP contribution in [0.3, 0.4) is 0 Å². The average Bonchev–Trinajstić information content (AvgIpc) is 3.04. The van der Waals surface area contributed by atoms with E-state index >= 15 is 0 Å². The normalized spacial score (nSPS) is 11.2. The van der Waals surface area contributed by atoms with Crippen LogP contribution in [-0.2, 0) is 29.0 Å². The highest BCUT2D eigenvalue weighted by Crippen LogP contribution is 2.19. The first kappa shape index (κ1) is 45.5. The van der Waals surface area contributed by atoms with E-state index in [1.165, 1.54) is 36.3 Å². The van der Waals surface area contributed by atoms with Crippen molar-refractivity contribution in [2.24, 2.45) is 9.98 Å². The van der Waals surface area contributed by atoms with Gasteiger partial charge in [0, 0.05) is 50.3 Å². The summed E-state index contributed by atoms with van der Waals surface area (Å²) in [5.41, 5.74) is 0. The number of carbonyl (C=O) groups excluding carboxylic acids is 2. The van der Waals surface area contributed by atoms with Gasteiger partial charge in [-0.2, -0.15) is 9.78 Å². The van der Waals surface area contributed by atoms with Gasteiger partial charge >= 0.3 is 12.2 Å². The largest absolute Gasteiger partial charge is 0.438 e. The number of aliphatic hydroxyl groups is 2. The number of amides is 2. The van der Waals surface area contributed by atoms with E-state index in [4.69, 9.17) is 39.2 Å². The van der Waals surface area contributed by atoms with Gasteiger partial charge in [-0.25, -0.2) is 19.6 Å². The Bertz CT molecular complexity index is 728. The van der Waals surface area contributed by atoms with Crippen LogP contribution in [0.4, 0.5) is 9.59 Å². The molecule has 0 unspecified atom stereocenters. The Hall–Kier alpha value is 0.470. The molecule has 0 bridgehead atoms. The molecule has 0 aliphatic heterocycles. The minimum atomic E-state index is -0.467. The number of aliphatic imine (C=N–C) groups is 2. The lowest BCUT2D eigenvalue weighted by Gasteiger charge is -2.06. The Balaban J connectivity index is 3.25. The van der Waals surface area contributed by atoms with Gasteiger partial charge in [-0.1, -0.05) is 0 Å². The van der Waals surface area contributed by atoms with Gasteiger partial charge in [0.05, 0.1) is 24.2 Å². The van der Waals surface area contributed by atoms with Crippen LogP contribution < -0.4 is 10.6 Å². The molecule has 2 amide bonds. The molecule has 0 saturated carbocycles. The summed E-state index contributed by atoms with van der Waals surface area (Å²) in [5, 5.41) is 27.5. The third-order valence-corrected chi connectivity index (χ3v) is 13.5. The second kappa shape index (κ2) is 40.6. The van der Waals surface area contributed by atoms with Crippen LogP contribution in [0, 0.1) is 0 Å². The number of rotatable bonds is 34. The molecule has 45 heavy (non-hydrogen) atoms. The van der Waals surface area contributed by atoms with Gasteiger partial charge in [0.1, 0.15) is 17.8 Å². The molecule has 0 fully saturated rings. The first-order chi connectivity index (χ1) is 22.2. The van der Waals surface area contributed by atoms with Crippen molar-refractivity contribution in [3.63, 3.8) is 0 Å².